The molecule has 3 N–H and O–H groups in total. The van der Waals surface area contributed by atoms with E-state index in [2.05, 4.69) is 30.6 Å². The van der Waals surface area contributed by atoms with E-state index in [1.165, 1.54) is 0 Å². The molecular formula is C17H20N8O2. The molecule has 1 aliphatic rings. The van der Waals surface area contributed by atoms with Gasteiger partial charge in [-0.2, -0.15) is 9.67 Å². The Hall–Kier alpha value is -3.30. The molecule has 10 nitrogen and oxygen atoms in total. The lowest BCUT2D eigenvalue weighted by molar-refractivity contribution is -0.121. The summed E-state index contributed by atoms with van der Waals surface area (Å²) in [7, 11) is 0. The van der Waals surface area contributed by atoms with Gasteiger partial charge in [-0.05, 0) is 38.3 Å². The maximum Gasteiger partial charge on any atom is 0.225 e. The normalized spacial score (nSPS) is 19.3. The standard InChI is InChI=1S/C17H20N8O2/c1-2-27-12-5-6-14(19-8-12)25-16-13(23-24-25)9-20-17(22-16)21-11-4-3-10(7-11)15(18)26/h5-6,8-11H,2-4,7H2,1H3,(H2,18,26)(H,20,21,22). The molecule has 2 atom stereocenters. The van der Waals surface area contributed by atoms with Gasteiger partial charge in [0, 0.05) is 12.0 Å². The van der Waals surface area contributed by atoms with Crippen molar-refractivity contribution in [1.82, 2.24) is 29.9 Å². The van der Waals surface area contributed by atoms with Gasteiger partial charge in [-0.25, -0.2) is 9.97 Å². The molecule has 3 aromatic rings. The second-order valence-corrected chi connectivity index (χ2v) is 6.44. The van der Waals surface area contributed by atoms with E-state index in [1.807, 2.05) is 13.0 Å². The van der Waals surface area contributed by atoms with Crippen molar-refractivity contribution in [2.75, 3.05) is 11.9 Å². The minimum atomic E-state index is -0.250. The number of hydrogen-bond donors (Lipinski definition) is 2. The number of pyridine rings is 1. The number of nitrogens with zero attached hydrogens (tertiary/aromatic N) is 6. The number of carbonyl (C=O) groups is 1. The second kappa shape index (κ2) is 7.14. The third kappa shape index (κ3) is 3.50. The van der Waals surface area contributed by atoms with Crippen molar-refractivity contribution in [3.63, 3.8) is 0 Å². The Morgan fingerprint density at radius 3 is 2.93 bits per heavy atom. The van der Waals surface area contributed by atoms with Gasteiger partial charge < -0.3 is 15.8 Å². The summed E-state index contributed by atoms with van der Waals surface area (Å²) < 4.78 is 6.96. The summed E-state index contributed by atoms with van der Waals surface area (Å²) >= 11 is 0. The molecule has 1 aliphatic carbocycles. The van der Waals surface area contributed by atoms with Crippen LogP contribution in [0.15, 0.2) is 24.5 Å². The first-order chi connectivity index (χ1) is 13.1. The fraction of sp³-hybridized carbons (Fsp3) is 0.412. The van der Waals surface area contributed by atoms with Gasteiger partial charge in [0.15, 0.2) is 17.0 Å². The second-order valence-electron chi connectivity index (χ2n) is 6.44. The van der Waals surface area contributed by atoms with Crippen molar-refractivity contribution in [2.45, 2.75) is 32.2 Å². The maximum atomic E-state index is 11.3. The Labute approximate surface area is 155 Å². The van der Waals surface area contributed by atoms with Gasteiger partial charge in [0.1, 0.15) is 5.75 Å². The minimum Gasteiger partial charge on any atom is -0.492 e. The smallest absolute Gasteiger partial charge is 0.225 e. The average molecular weight is 368 g/mol. The molecule has 4 rings (SSSR count). The van der Waals surface area contributed by atoms with Crippen LogP contribution in [0, 0.1) is 5.92 Å². The quantitative estimate of drug-likeness (QED) is 0.660. The summed E-state index contributed by atoms with van der Waals surface area (Å²) in [6.07, 6.45) is 5.57. The Bertz CT molecular complexity index is 955. The van der Waals surface area contributed by atoms with Crippen LogP contribution in [-0.4, -0.2) is 48.5 Å². The molecule has 10 heteroatoms. The van der Waals surface area contributed by atoms with Crippen molar-refractivity contribution in [2.24, 2.45) is 11.7 Å². The first-order valence-corrected chi connectivity index (χ1v) is 8.87. The van der Waals surface area contributed by atoms with Crippen molar-refractivity contribution >= 4 is 23.0 Å². The fourth-order valence-electron chi connectivity index (χ4n) is 3.26. The largest absolute Gasteiger partial charge is 0.492 e. The van der Waals surface area contributed by atoms with E-state index in [0.717, 1.165) is 12.8 Å². The minimum absolute atomic E-state index is 0.0912. The molecular weight excluding hydrogens is 348 g/mol. The van der Waals surface area contributed by atoms with E-state index in [0.29, 0.717) is 41.7 Å². The number of amides is 1. The number of rotatable bonds is 6. The fourth-order valence-corrected chi connectivity index (χ4v) is 3.26. The monoisotopic (exact) mass is 368 g/mol. The van der Waals surface area contributed by atoms with E-state index >= 15 is 0 Å². The molecule has 1 amide bonds. The summed E-state index contributed by atoms with van der Waals surface area (Å²) in [5, 5.41) is 11.5. The van der Waals surface area contributed by atoms with Crippen molar-refractivity contribution in [3.8, 4) is 11.6 Å². The average Bonchev–Trinajstić information content (AvgIpc) is 3.30. The molecule has 2 unspecified atom stereocenters. The Kier molecular flexibility index (Phi) is 4.53. The highest BCUT2D eigenvalue weighted by atomic mass is 16.5. The van der Waals surface area contributed by atoms with Crippen LogP contribution in [-0.2, 0) is 4.79 Å². The number of fused-ring (bicyclic) bond motifs is 1. The van der Waals surface area contributed by atoms with Crippen LogP contribution in [0.5, 0.6) is 5.75 Å². The van der Waals surface area contributed by atoms with Crippen LogP contribution < -0.4 is 15.8 Å². The van der Waals surface area contributed by atoms with Crippen LogP contribution in [0.4, 0.5) is 5.95 Å². The Morgan fingerprint density at radius 2 is 2.22 bits per heavy atom. The number of ether oxygens (including phenoxy) is 1. The molecule has 0 bridgehead atoms. The molecule has 3 aromatic heterocycles. The highest BCUT2D eigenvalue weighted by Crippen LogP contribution is 2.27. The molecule has 27 heavy (non-hydrogen) atoms. The van der Waals surface area contributed by atoms with Crippen LogP contribution in [0.2, 0.25) is 0 Å². The van der Waals surface area contributed by atoms with Crippen molar-refractivity contribution in [1.29, 1.82) is 0 Å². The highest BCUT2D eigenvalue weighted by Gasteiger charge is 2.28. The SMILES string of the molecule is CCOc1ccc(-n2nnc3cnc(NC4CCC(C(N)=O)C4)nc32)nc1. The van der Waals surface area contributed by atoms with E-state index in [9.17, 15) is 4.79 Å². The number of primary amides is 1. The first-order valence-electron chi connectivity index (χ1n) is 8.87. The van der Waals surface area contributed by atoms with E-state index < -0.39 is 0 Å². The van der Waals surface area contributed by atoms with Gasteiger partial charge in [0.25, 0.3) is 0 Å². The number of carbonyl (C=O) groups excluding carboxylic acids is 1. The summed E-state index contributed by atoms with van der Waals surface area (Å²) in [6.45, 7) is 2.49. The van der Waals surface area contributed by atoms with Gasteiger partial charge in [0.2, 0.25) is 11.9 Å². The van der Waals surface area contributed by atoms with Gasteiger partial charge >= 0.3 is 0 Å². The third-order valence-corrected chi connectivity index (χ3v) is 4.61. The molecule has 0 aliphatic heterocycles. The molecule has 1 fully saturated rings. The number of nitrogens with two attached hydrogens (primary N) is 1. The van der Waals surface area contributed by atoms with Gasteiger partial charge in [-0.3, -0.25) is 4.79 Å². The third-order valence-electron chi connectivity index (χ3n) is 4.61. The Balaban J connectivity index is 1.57. The molecule has 0 aromatic carbocycles. The maximum absolute atomic E-state index is 11.3. The van der Waals surface area contributed by atoms with E-state index in [-0.39, 0.29) is 17.9 Å². The number of aromatic nitrogens is 6. The highest BCUT2D eigenvalue weighted by molar-refractivity contribution is 5.77. The van der Waals surface area contributed by atoms with Crippen LogP contribution >= 0.6 is 0 Å². The van der Waals surface area contributed by atoms with Crippen LogP contribution in [0.3, 0.4) is 0 Å². The predicted molar refractivity (Wildman–Crippen MR) is 97.4 cm³/mol. The topological polar surface area (TPSA) is 134 Å². The van der Waals surface area contributed by atoms with E-state index in [1.54, 1.807) is 23.1 Å². The first kappa shape index (κ1) is 17.1. The van der Waals surface area contributed by atoms with Crippen LogP contribution in [0.25, 0.3) is 17.0 Å². The zero-order chi connectivity index (χ0) is 18.8. The van der Waals surface area contributed by atoms with Gasteiger partial charge in [-0.1, -0.05) is 5.21 Å². The number of hydrogen-bond acceptors (Lipinski definition) is 8. The molecule has 3 heterocycles. The molecule has 140 valence electrons. The number of nitrogens with one attached hydrogen (secondary N) is 1. The predicted octanol–water partition coefficient (Wildman–Crippen LogP) is 1.07. The van der Waals surface area contributed by atoms with Crippen LogP contribution in [0.1, 0.15) is 26.2 Å². The zero-order valence-corrected chi connectivity index (χ0v) is 14.9. The zero-order valence-electron chi connectivity index (χ0n) is 14.9. The van der Waals surface area contributed by atoms with Crippen molar-refractivity contribution in [3.05, 3.63) is 24.5 Å². The van der Waals surface area contributed by atoms with Crippen molar-refractivity contribution < 1.29 is 9.53 Å². The summed E-state index contributed by atoms with van der Waals surface area (Å²) in [6, 6.07) is 3.73. The summed E-state index contributed by atoms with van der Waals surface area (Å²) in [4.78, 5) is 24.5. The van der Waals surface area contributed by atoms with E-state index in [4.69, 9.17) is 10.5 Å². The number of anilines is 1. The molecule has 1 saturated carbocycles. The lowest BCUT2D eigenvalue weighted by Crippen LogP contribution is -2.23. The Morgan fingerprint density at radius 1 is 1.33 bits per heavy atom. The summed E-state index contributed by atoms with van der Waals surface area (Å²) in [5.41, 5.74) is 6.51. The molecule has 0 saturated heterocycles. The molecule has 0 radical (unpaired) electrons. The lowest BCUT2D eigenvalue weighted by atomic mass is 10.1. The lowest BCUT2D eigenvalue weighted by Gasteiger charge is -2.12. The molecule has 0 spiro atoms. The summed E-state index contributed by atoms with van der Waals surface area (Å²) in [5.74, 6) is 1.39. The van der Waals surface area contributed by atoms with Gasteiger partial charge in [-0.15, -0.1) is 5.10 Å². The van der Waals surface area contributed by atoms with Gasteiger partial charge in [0.05, 0.1) is 19.0 Å².